The van der Waals surface area contributed by atoms with Crippen LogP contribution in [0.25, 0.3) is 10.8 Å². The Hall–Kier alpha value is -2.07. The van der Waals surface area contributed by atoms with Gasteiger partial charge in [0.2, 0.25) is 0 Å². The lowest BCUT2D eigenvalue weighted by molar-refractivity contribution is -0.147. The van der Waals surface area contributed by atoms with Crippen molar-refractivity contribution in [1.29, 1.82) is 0 Å². The van der Waals surface area contributed by atoms with Gasteiger partial charge in [-0.2, -0.15) is 0 Å². The molecule has 4 nitrogen and oxygen atoms in total. The highest BCUT2D eigenvalue weighted by Crippen LogP contribution is 2.34. The lowest BCUT2D eigenvalue weighted by Gasteiger charge is -2.36. The number of hydrogen-bond acceptors (Lipinski definition) is 3. The monoisotopic (exact) mass is 381 g/mol. The molecule has 28 heavy (non-hydrogen) atoms. The van der Waals surface area contributed by atoms with Crippen LogP contribution in [0.5, 0.6) is 5.75 Å². The average molecular weight is 382 g/mol. The van der Waals surface area contributed by atoms with Crippen molar-refractivity contribution < 1.29 is 14.6 Å². The molecule has 0 radical (unpaired) electrons. The van der Waals surface area contributed by atoms with E-state index in [4.69, 9.17) is 9.84 Å². The maximum atomic E-state index is 11.0. The molecule has 1 saturated heterocycles. The van der Waals surface area contributed by atoms with E-state index in [0.29, 0.717) is 19.2 Å². The molecule has 2 aromatic rings. The van der Waals surface area contributed by atoms with Crippen LogP contribution in [-0.2, 0) is 11.3 Å². The normalized spacial score (nSPS) is 23.7. The number of likely N-dealkylation sites (tertiary alicyclic amines) is 1. The molecule has 2 aliphatic rings. The van der Waals surface area contributed by atoms with Crippen molar-refractivity contribution in [3.63, 3.8) is 0 Å². The quantitative estimate of drug-likeness (QED) is 0.769. The molecule has 1 aliphatic carbocycles. The molecule has 0 atom stereocenters. The first-order valence-electron chi connectivity index (χ1n) is 10.6. The number of carboxylic acids is 1. The number of nitrogens with zero attached hydrogens (tertiary/aromatic N) is 1. The zero-order valence-electron chi connectivity index (χ0n) is 16.9. The second kappa shape index (κ2) is 8.12. The smallest absolute Gasteiger partial charge is 0.309 e. The maximum absolute atomic E-state index is 11.0. The topological polar surface area (TPSA) is 49.8 Å². The minimum Gasteiger partial charge on any atom is -0.490 e. The molecule has 4 rings (SSSR count). The van der Waals surface area contributed by atoms with E-state index in [1.165, 1.54) is 29.2 Å². The van der Waals surface area contributed by atoms with Crippen LogP contribution >= 0.6 is 0 Å². The van der Waals surface area contributed by atoms with E-state index in [2.05, 4.69) is 55.1 Å². The summed E-state index contributed by atoms with van der Waals surface area (Å²) in [6.07, 6.45) is 5.16. The molecule has 0 bridgehead atoms. The first-order valence-corrected chi connectivity index (χ1v) is 10.6. The average Bonchev–Trinajstić information content (AvgIpc) is 2.64. The molecule has 1 saturated carbocycles. The molecule has 4 heteroatoms. The van der Waals surface area contributed by atoms with Gasteiger partial charge in [0.15, 0.2) is 0 Å². The summed E-state index contributed by atoms with van der Waals surface area (Å²) in [4.78, 5) is 13.2. The van der Waals surface area contributed by atoms with Gasteiger partial charge in [0.1, 0.15) is 5.75 Å². The molecule has 1 aliphatic heterocycles. The minimum atomic E-state index is -0.682. The summed E-state index contributed by atoms with van der Waals surface area (Å²) < 4.78 is 6.41. The van der Waals surface area contributed by atoms with Gasteiger partial charge in [-0.1, -0.05) is 38.1 Å². The van der Waals surface area contributed by atoms with Crippen molar-refractivity contribution in [2.75, 3.05) is 13.1 Å². The Morgan fingerprint density at radius 2 is 1.89 bits per heavy atom. The number of carbonyl (C=O) groups is 1. The Labute approximate surface area is 167 Å². The zero-order valence-corrected chi connectivity index (χ0v) is 16.9. The number of carboxylic acid groups (broad SMARTS) is 1. The molecule has 0 unspecified atom stereocenters. The SMILES string of the molecule is CC(C)C1CCC(Oc2cccc3cc(CN4CC(C(=O)O)C4)ccc23)CC1. The fourth-order valence-corrected chi connectivity index (χ4v) is 4.67. The third-order valence-electron chi connectivity index (χ3n) is 6.57. The molecule has 0 spiro atoms. The fourth-order valence-electron chi connectivity index (χ4n) is 4.67. The van der Waals surface area contributed by atoms with E-state index in [1.54, 1.807) is 0 Å². The van der Waals surface area contributed by atoms with E-state index >= 15 is 0 Å². The van der Waals surface area contributed by atoms with Gasteiger partial charge in [-0.3, -0.25) is 9.69 Å². The third kappa shape index (κ3) is 4.17. The molecule has 150 valence electrons. The summed E-state index contributed by atoms with van der Waals surface area (Å²) in [7, 11) is 0. The fraction of sp³-hybridized carbons (Fsp3) is 0.542. The largest absolute Gasteiger partial charge is 0.490 e. The molecular formula is C24H31NO3. The van der Waals surface area contributed by atoms with Crippen molar-refractivity contribution in [3.05, 3.63) is 42.0 Å². The van der Waals surface area contributed by atoms with Crippen LogP contribution in [-0.4, -0.2) is 35.2 Å². The van der Waals surface area contributed by atoms with Gasteiger partial charge < -0.3 is 9.84 Å². The standard InChI is InChI=1S/C24H31NO3/c1-16(2)18-7-9-21(10-8-18)28-23-5-3-4-19-12-17(6-11-22(19)23)13-25-14-20(15-25)24(26)27/h3-6,11-12,16,18,20-21H,7-10,13-15H2,1-2H3,(H,26,27). The highest BCUT2D eigenvalue weighted by Gasteiger charge is 2.32. The van der Waals surface area contributed by atoms with Gasteiger partial charge >= 0.3 is 5.97 Å². The predicted octanol–water partition coefficient (Wildman–Crippen LogP) is 4.95. The van der Waals surface area contributed by atoms with Crippen molar-refractivity contribution in [3.8, 4) is 5.75 Å². The number of rotatable bonds is 6. The summed E-state index contributed by atoms with van der Waals surface area (Å²) >= 11 is 0. The summed E-state index contributed by atoms with van der Waals surface area (Å²) in [6.45, 7) is 6.77. The molecule has 0 aromatic heterocycles. The second-order valence-electron chi connectivity index (χ2n) is 8.94. The van der Waals surface area contributed by atoms with E-state index in [1.807, 2.05) is 0 Å². The Bertz CT molecular complexity index is 833. The van der Waals surface area contributed by atoms with Crippen LogP contribution < -0.4 is 4.74 Å². The molecule has 2 aromatic carbocycles. The van der Waals surface area contributed by atoms with E-state index < -0.39 is 5.97 Å². The molecule has 1 heterocycles. The summed E-state index contributed by atoms with van der Waals surface area (Å²) in [5.41, 5.74) is 1.23. The van der Waals surface area contributed by atoms with Crippen LogP contribution in [0, 0.1) is 17.8 Å². The second-order valence-corrected chi connectivity index (χ2v) is 8.94. The van der Waals surface area contributed by atoms with E-state index in [9.17, 15) is 4.79 Å². The highest BCUT2D eigenvalue weighted by molar-refractivity contribution is 5.88. The lowest BCUT2D eigenvalue weighted by atomic mass is 9.80. The Morgan fingerprint density at radius 3 is 2.57 bits per heavy atom. The van der Waals surface area contributed by atoms with Gasteiger partial charge in [0.05, 0.1) is 12.0 Å². The summed E-state index contributed by atoms with van der Waals surface area (Å²) in [5.74, 6) is 1.73. The van der Waals surface area contributed by atoms with Crippen molar-refractivity contribution in [2.24, 2.45) is 17.8 Å². The van der Waals surface area contributed by atoms with Crippen LogP contribution in [0.1, 0.15) is 45.1 Å². The van der Waals surface area contributed by atoms with Gasteiger partial charge in [-0.25, -0.2) is 0 Å². The van der Waals surface area contributed by atoms with Crippen molar-refractivity contribution in [1.82, 2.24) is 4.90 Å². The van der Waals surface area contributed by atoms with Crippen LogP contribution in [0.4, 0.5) is 0 Å². The van der Waals surface area contributed by atoms with Crippen molar-refractivity contribution >= 4 is 16.7 Å². The van der Waals surface area contributed by atoms with Gasteiger partial charge in [-0.05, 0) is 60.6 Å². The summed E-state index contributed by atoms with van der Waals surface area (Å²) in [6, 6.07) is 12.8. The Morgan fingerprint density at radius 1 is 1.14 bits per heavy atom. The minimum absolute atomic E-state index is 0.203. The molecule has 0 amide bonds. The van der Waals surface area contributed by atoms with Gasteiger partial charge in [0.25, 0.3) is 0 Å². The first kappa shape index (κ1) is 19.3. The molecule has 1 N–H and O–H groups in total. The predicted molar refractivity (Wildman–Crippen MR) is 112 cm³/mol. The lowest BCUT2D eigenvalue weighted by Crippen LogP contribution is -2.49. The molecule has 2 fully saturated rings. The van der Waals surface area contributed by atoms with Crippen molar-refractivity contribution in [2.45, 2.75) is 52.2 Å². The summed E-state index contributed by atoms with van der Waals surface area (Å²) in [5, 5.41) is 11.4. The number of aliphatic carboxylic acids is 1. The first-order chi connectivity index (χ1) is 13.5. The number of fused-ring (bicyclic) bond motifs is 1. The van der Waals surface area contributed by atoms with Gasteiger partial charge in [0, 0.05) is 25.0 Å². The van der Waals surface area contributed by atoms with E-state index in [-0.39, 0.29) is 5.92 Å². The Kier molecular flexibility index (Phi) is 5.58. The Balaban J connectivity index is 1.41. The van der Waals surface area contributed by atoms with E-state index in [0.717, 1.165) is 37.0 Å². The zero-order chi connectivity index (χ0) is 19.7. The van der Waals surface area contributed by atoms with Crippen LogP contribution in [0.2, 0.25) is 0 Å². The highest BCUT2D eigenvalue weighted by atomic mass is 16.5. The number of benzene rings is 2. The number of ether oxygens (including phenoxy) is 1. The molecular weight excluding hydrogens is 350 g/mol. The third-order valence-corrected chi connectivity index (χ3v) is 6.57. The van der Waals surface area contributed by atoms with Crippen LogP contribution in [0.15, 0.2) is 36.4 Å². The van der Waals surface area contributed by atoms with Crippen LogP contribution in [0.3, 0.4) is 0 Å². The maximum Gasteiger partial charge on any atom is 0.309 e. The van der Waals surface area contributed by atoms with Gasteiger partial charge in [-0.15, -0.1) is 0 Å². The number of hydrogen-bond donors (Lipinski definition) is 1.